The highest BCUT2D eigenvalue weighted by atomic mass is 16.6. The molecule has 0 atom stereocenters. The maximum atomic E-state index is 12.2. The van der Waals surface area contributed by atoms with Gasteiger partial charge in [0, 0.05) is 17.8 Å². The number of aromatic nitrogens is 2. The van der Waals surface area contributed by atoms with Crippen LogP contribution in [0.15, 0.2) is 18.2 Å². The lowest BCUT2D eigenvalue weighted by Crippen LogP contribution is -2.14. The number of carbonyl (C=O) groups excluding carboxylic acids is 1. The van der Waals surface area contributed by atoms with Crippen LogP contribution in [-0.4, -0.2) is 21.0 Å². The van der Waals surface area contributed by atoms with E-state index in [-0.39, 0.29) is 11.6 Å². The van der Waals surface area contributed by atoms with Gasteiger partial charge in [0.1, 0.15) is 0 Å². The van der Waals surface area contributed by atoms with Gasteiger partial charge in [0.15, 0.2) is 0 Å². The highest BCUT2D eigenvalue weighted by Crippen LogP contribution is 2.23. The molecule has 1 aromatic heterocycles. The summed E-state index contributed by atoms with van der Waals surface area (Å²) in [7, 11) is 0. The van der Waals surface area contributed by atoms with Crippen molar-refractivity contribution in [3.05, 3.63) is 50.8 Å². The average Bonchev–Trinajstić information content (AvgIpc) is 2.71. The number of rotatable bonds is 3. The van der Waals surface area contributed by atoms with Gasteiger partial charge in [-0.2, -0.15) is 5.10 Å². The SMILES string of the molecule is Cc1ccc([N+](=O)[O-])cc1NC(=O)c1c(C)n[nH]c1C. The minimum absolute atomic E-state index is 0.0634. The standard InChI is InChI=1S/C13H14N4O3/c1-7-4-5-10(17(19)20)6-11(7)14-13(18)12-8(2)15-16-9(12)3/h4-6H,1-3H3,(H,14,18)(H,15,16). The Kier molecular flexibility index (Phi) is 3.51. The molecular formula is C13H14N4O3. The summed E-state index contributed by atoms with van der Waals surface area (Å²) in [5, 5.41) is 20.1. The zero-order valence-corrected chi connectivity index (χ0v) is 11.4. The van der Waals surface area contributed by atoms with Crippen molar-refractivity contribution in [3.63, 3.8) is 0 Å². The summed E-state index contributed by atoms with van der Waals surface area (Å²) in [5.74, 6) is -0.336. The first kappa shape index (κ1) is 13.7. The third-order valence-electron chi connectivity index (χ3n) is 3.04. The van der Waals surface area contributed by atoms with Crippen molar-refractivity contribution in [1.29, 1.82) is 0 Å². The third-order valence-corrected chi connectivity index (χ3v) is 3.04. The van der Waals surface area contributed by atoms with E-state index in [0.29, 0.717) is 22.6 Å². The molecule has 2 N–H and O–H groups in total. The summed E-state index contributed by atoms with van der Waals surface area (Å²) in [6.45, 7) is 5.24. The Morgan fingerprint density at radius 3 is 2.60 bits per heavy atom. The maximum absolute atomic E-state index is 12.2. The van der Waals surface area contributed by atoms with Gasteiger partial charge in [0.05, 0.1) is 21.9 Å². The van der Waals surface area contributed by atoms with Gasteiger partial charge < -0.3 is 5.32 Å². The number of nitrogens with one attached hydrogen (secondary N) is 2. The highest BCUT2D eigenvalue weighted by Gasteiger charge is 2.17. The number of anilines is 1. The van der Waals surface area contributed by atoms with E-state index >= 15 is 0 Å². The first-order chi connectivity index (χ1) is 9.40. The van der Waals surface area contributed by atoms with E-state index in [1.165, 1.54) is 12.1 Å². The Morgan fingerprint density at radius 1 is 1.35 bits per heavy atom. The number of H-pyrrole nitrogens is 1. The molecule has 0 fully saturated rings. The molecule has 7 nitrogen and oxygen atoms in total. The zero-order chi connectivity index (χ0) is 14.9. The Bertz CT molecular complexity index is 671. The van der Waals surface area contributed by atoms with E-state index in [1.54, 1.807) is 26.8 Å². The van der Waals surface area contributed by atoms with Crippen LogP contribution in [0, 0.1) is 30.9 Å². The number of benzene rings is 1. The number of nitro groups is 1. The minimum atomic E-state index is -0.497. The fourth-order valence-electron chi connectivity index (χ4n) is 1.93. The number of aromatic amines is 1. The number of aryl methyl sites for hydroxylation is 3. The quantitative estimate of drug-likeness (QED) is 0.663. The second-order valence-corrected chi connectivity index (χ2v) is 4.52. The molecule has 0 radical (unpaired) electrons. The van der Waals surface area contributed by atoms with Gasteiger partial charge in [-0.3, -0.25) is 20.0 Å². The summed E-state index contributed by atoms with van der Waals surface area (Å²) in [6.07, 6.45) is 0. The molecule has 1 heterocycles. The minimum Gasteiger partial charge on any atom is -0.321 e. The first-order valence-electron chi connectivity index (χ1n) is 5.98. The number of amides is 1. The van der Waals surface area contributed by atoms with Gasteiger partial charge in [0.25, 0.3) is 11.6 Å². The van der Waals surface area contributed by atoms with Crippen LogP contribution >= 0.6 is 0 Å². The molecule has 7 heteroatoms. The Labute approximate surface area is 115 Å². The molecule has 1 aromatic carbocycles. The Hall–Kier alpha value is -2.70. The van der Waals surface area contributed by atoms with Crippen LogP contribution in [0.1, 0.15) is 27.3 Å². The van der Waals surface area contributed by atoms with Gasteiger partial charge in [0.2, 0.25) is 0 Å². The lowest BCUT2D eigenvalue weighted by molar-refractivity contribution is -0.384. The van der Waals surface area contributed by atoms with Gasteiger partial charge in [-0.15, -0.1) is 0 Å². The van der Waals surface area contributed by atoms with Crippen LogP contribution in [0.4, 0.5) is 11.4 Å². The molecule has 0 saturated heterocycles. The van der Waals surface area contributed by atoms with Crippen molar-refractivity contribution in [2.45, 2.75) is 20.8 Å². The fourth-order valence-corrected chi connectivity index (χ4v) is 1.93. The number of non-ortho nitro benzene ring substituents is 1. The van der Waals surface area contributed by atoms with Crippen LogP contribution in [0.3, 0.4) is 0 Å². The number of hydrogen-bond donors (Lipinski definition) is 2. The van der Waals surface area contributed by atoms with E-state index < -0.39 is 4.92 Å². The van der Waals surface area contributed by atoms with Crippen molar-refractivity contribution in [2.75, 3.05) is 5.32 Å². The molecule has 0 unspecified atom stereocenters. The smallest absolute Gasteiger partial charge is 0.271 e. The molecule has 0 aliphatic heterocycles. The van der Waals surface area contributed by atoms with Crippen molar-refractivity contribution < 1.29 is 9.72 Å². The van der Waals surface area contributed by atoms with E-state index in [2.05, 4.69) is 15.5 Å². The molecule has 0 aliphatic carbocycles. The maximum Gasteiger partial charge on any atom is 0.271 e. The van der Waals surface area contributed by atoms with Crippen LogP contribution < -0.4 is 5.32 Å². The monoisotopic (exact) mass is 274 g/mol. The lowest BCUT2D eigenvalue weighted by atomic mass is 10.1. The van der Waals surface area contributed by atoms with Gasteiger partial charge >= 0.3 is 0 Å². The number of carbonyl (C=O) groups is 1. The largest absolute Gasteiger partial charge is 0.321 e. The fraction of sp³-hybridized carbons (Fsp3) is 0.231. The highest BCUT2D eigenvalue weighted by molar-refractivity contribution is 6.06. The predicted molar refractivity (Wildman–Crippen MR) is 73.8 cm³/mol. The van der Waals surface area contributed by atoms with E-state index in [9.17, 15) is 14.9 Å². The van der Waals surface area contributed by atoms with Gasteiger partial charge in [-0.1, -0.05) is 6.07 Å². The van der Waals surface area contributed by atoms with Crippen molar-refractivity contribution in [1.82, 2.24) is 10.2 Å². The molecule has 2 rings (SSSR count). The molecule has 0 aliphatic rings. The molecule has 1 amide bonds. The normalized spacial score (nSPS) is 10.3. The number of nitro benzene ring substituents is 1. The molecule has 0 saturated carbocycles. The van der Waals surface area contributed by atoms with Crippen molar-refractivity contribution in [3.8, 4) is 0 Å². The molecule has 0 bridgehead atoms. The van der Waals surface area contributed by atoms with E-state index in [1.807, 2.05) is 0 Å². The second kappa shape index (κ2) is 5.12. The Morgan fingerprint density at radius 2 is 2.05 bits per heavy atom. The van der Waals surface area contributed by atoms with E-state index in [0.717, 1.165) is 5.56 Å². The molecule has 2 aromatic rings. The molecule has 0 spiro atoms. The molecule has 20 heavy (non-hydrogen) atoms. The zero-order valence-electron chi connectivity index (χ0n) is 11.4. The third kappa shape index (κ3) is 2.51. The van der Waals surface area contributed by atoms with Crippen molar-refractivity contribution >= 4 is 17.3 Å². The summed E-state index contributed by atoms with van der Waals surface area (Å²) in [4.78, 5) is 22.5. The average molecular weight is 274 g/mol. The molecular weight excluding hydrogens is 260 g/mol. The Balaban J connectivity index is 2.33. The van der Waals surface area contributed by atoms with E-state index in [4.69, 9.17) is 0 Å². The van der Waals surface area contributed by atoms with Gasteiger partial charge in [-0.05, 0) is 26.3 Å². The summed E-state index contributed by atoms with van der Waals surface area (Å²) in [5.41, 5.74) is 2.81. The first-order valence-corrected chi connectivity index (χ1v) is 5.98. The van der Waals surface area contributed by atoms with Crippen LogP contribution in [0.25, 0.3) is 0 Å². The molecule has 104 valence electrons. The number of hydrogen-bond acceptors (Lipinski definition) is 4. The summed E-state index contributed by atoms with van der Waals surface area (Å²) in [6, 6.07) is 4.35. The topological polar surface area (TPSA) is 101 Å². The van der Waals surface area contributed by atoms with Crippen molar-refractivity contribution in [2.24, 2.45) is 0 Å². The van der Waals surface area contributed by atoms with Crippen LogP contribution in [-0.2, 0) is 0 Å². The number of nitrogens with zero attached hydrogens (tertiary/aromatic N) is 2. The summed E-state index contributed by atoms with van der Waals surface area (Å²) >= 11 is 0. The second-order valence-electron chi connectivity index (χ2n) is 4.52. The lowest BCUT2D eigenvalue weighted by Gasteiger charge is -2.08. The predicted octanol–water partition coefficient (Wildman–Crippen LogP) is 2.50. The van der Waals surface area contributed by atoms with Crippen LogP contribution in [0.5, 0.6) is 0 Å². The van der Waals surface area contributed by atoms with Gasteiger partial charge in [-0.25, -0.2) is 0 Å². The summed E-state index contributed by atoms with van der Waals surface area (Å²) < 4.78 is 0. The van der Waals surface area contributed by atoms with Crippen LogP contribution in [0.2, 0.25) is 0 Å².